The summed E-state index contributed by atoms with van der Waals surface area (Å²) in [4.78, 5) is 0. The molecule has 0 aromatic carbocycles. The minimum absolute atomic E-state index is 0.334. The van der Waals surface area contributed by atoms with Gasteiger partial charge in [-0.3, -0.25) is 0 Å². The molecule has 2 aliphatic rings. The zero-order chi connectivity index (χ0) is 9.47. The van der Waals surface area contributed by atoms with E-state index in [1.807, 2.05) is 0 Å². The summed E-state index contributed by atoms with van der Waals surface area (Å²) in [7, 11) is 0. The van der Waals surface area contributed by atoms with E-state index in [9.17, 15) is 0 Å². The van der Waals surface area contributed by atoms with Crippen LogP contribution in [0.15, 0.2) is 24.3 Å². The highest BCUT2D eigenvalue weighted by atomic mass is 14.4. The second kappa shape index (κ2) is 3.01. The molecule has 0 aliphatic heterocycles. The highest BCUT2D eigenvalue weighted by molar-refractivity contribution is 5.21. The zero-order valence-corrected chi connectivity index (χ0v) is 8.84. The lowest BCUT2D eigenvalue weighted by Crippen LogP contribution is -2.19. The highest BCUT2D eigenvalue weighted by Crippen LogP contribution is 2.47. The van der Waals surface area contributed by atoms with Gasteiger partial charge in [0.05, 0.1) is 0 Å². The Morgan fingerprint density at radius 2 is 2.15 bits per heavy atom. The first kappa shape index (κ1) is 9.05. The maximum Gasteiger partial charge on any atom is -0.0110 e. The normalized spacial score (nSPS) is 37.2. The first-order chi connectivity index (χ1) is 6.11. The fourth-order valence-electron chi connectivity index (χ4n) is 2.82. The second-order valence-corrected chi connectivity index (χ2v) is 5.24. The molecule has 13 heavy (non-hydrogen) atoms. The molecule has 0 saturated heterocycles. The summed E-state index contributed by atoms with van der Waals surface area (Å²) in [6.07, 6.45) is 10.2. The van der Waals surface area contributed by atoms with Crippen LogP contribution in [-0.4, -0.2) is 0 Å². The molecule has 2 aliphatic carbocycles. The Kier molecular flexibility index (Phi) is 2.09. The summed E-state index contributed by atoms with van der Waals surface area (Å²) in [5, 5.41) is 0. The van der Waals surface area contributed by atoms with Gasteiger partial charge in [0.25, 0.3) is 0 Å². The molecule has 1 saturated carbocycles. The number of hydrogen-bond acceptors (Lipinski definition) is 0. The van der Waals surface area contributed by atoms with E-state index in [0.717, 1.165) is 11.8 Å². The smallest absolute Gasteiger partial charge is 0.0110 e. The fraction of sp³-hybridized carbons (Fsp3) is 0.692. The van der Waals surface area contributed by atoms with Gasteiger partial charge in [-0.1, -0.05) is 44.6 Å². The van der Waals surface area contributed by atoms with Gasteiger partial charge in [-0.05, 0) is 36.5 Å². The number of rotatable bonds is 0. The summed E-state index contributed by atoms with van der Waals surface area (Å²) < 4.78 is 0. The van der Waals surface area contributed by atoms with Crippen LogP contribution in [0.1, 0.15) is 39.5 Å². The molecular formula is C13H20. The maximum atomic E-state index is 4.33. The van der Waals surface area contributed by atoms with Gasteiger partial charge < -0.3 is 0 Å². The van der Waals surface area contributed by atoms with E-state index in [4.69, 9.17) is 0 Å². The van der Waals surface area contributed by atoms with E-state index >= 15 is 0 Å². The van der Waals surface area contributed by atoms with E-state index in [1.54, 1.807) is 0 Å². The van der Waals surface area contributed by atoms with Crippen molar-refractivity contribution in [3.8, 4) is 0 Å². The molecule has 0 unspecified atom stereocenters. The van der Waals surface area contributed by atoms with E-state index in [2.05, 4.69) is 32.6 Å². The Hall–Kier alpha value is -0.520. The molecule has 0 aromatic heterocycles. The van der Waals surface area contributed by atoms with Crippen LogP contribution in [0.5, 0.6) is 0 Å². The molecule has 72 valence electrons. The Balaban J connectivity index is 2.28. The van der Waals surface area contributed by atoms with Crippen LogP contribution >= 0.6 is 0 Å². The molecule has 1 fully saturated rings. The summed E-state index contributed by atoms with van der Waals surface area (Å²) in [6, 6.07) is 0. The Bertz CT molecular complexity index is 245. The lowest BCUT2D eigenvalue weighted by Gasteiger charge is -2.30. The van der Waals surface area contributed by atoms with E-state index in [-0.39, 0.29) is 0 Å². The van der Waals surface area contributed by atoms with Gasteiger partial charge in [0, 0.05) is 0 Å². The van der Waals surface area contributed by atoms with Crippen molar-refractivity contribution < 1.29 is 0 Å². The van der Waals surface area contributed by atoms with Crippen molar-refractivity contribution in [3.05, 3.63) is 24.3 Å². The van der Waals surface area contributed by atoms with Gasteiger partial charge in [-0.15, -0.1) is 0 Å². The molecule has 0 N–H and O–H groups in total. The predicted molar refractivity (Wildman–Crippen MR) is 57.5 cm³/mol. The first-order valence-corrected chi connectivity index (χ1v) is 5.47. The molecule has 0 heterocycles. The largest absolute Gasteiger partial charge is 0.0990 e. The zero-order valence-electron chi connectivity index (χ0n) is 8.84. The van der Waals surface area contributed by atoms with Crippen molar-refractivity contribution in [3.63, 3.8) is 0 Å². The van der Waals surface area contributed by atoms with Crippen molar-refractivity contribution in [2.24, 2.45) is 17.3 Å². The van der Waals surface area contributed by atoms with Crippen LogP contribution in [0.3, 0.4) is 0 Å². The number of hydrogen-bond donors (Lipinski definition) is 0. The molecule has 0 amide bonds. The van der Waals surface area contributed by atoms with Gasteiger partial charge in [0.2, 0.25) is 0 Å². The third-order valence-electron chi connectivity index (χ3n) is 3.90. The Morgan fingerprint density at radius 1 is 1.38 bits per heavy atom. The topological polar surface area (TPSA) is 0 Å². The van der Waals surface area contributed by atoms with Gasteiger partial charge >= 0.3 is 0 Å². The summed E-state index contributed by atoms with van der Waals surface area (Å²) in [5.41, 5.74) is 1.83. The van der Waals surface area contributed by atoms with Crippen molar-refractivity contribution >= 4 is 0 Å². The minimum Gasteiger partial charge on any atom is -0.0990 e. The van der Waals surface area contributed by atoms with Gasteiger partial charge in [-0.2, -0.15) is 0 Å². The second-order valence-electron chi connectivity index (χ2n) is 5.24. The Labute approximate surface area is 81.7 Å². The van der Waals surface area contributed by atoms with Gasteiger partial charge in [0.1, 0.15) is 0 Å². The highest BCUT2D eigenvalue weighted by Gasteiger charge is 2.35. The maximum absolute atomic E-state index is 4.33. The lowest BCUT2D eigenvalue weighted by atomic mass is 9.75. The van der Waals surface area contributed by atoms with Crippen LogP contribution in [0.4, 0.5) is 0 Å². The van der Waals surface area contributed by atoms with Crippen LogP contribution in [0.25, 0.3) is 0 Å². The van der Waals surface area contributed by atoms with Crippen LogP contribution in [0.2, 0.25) is 0 Å². The standard InChI is InChI=1S/C13H20/c1-10-12-8-4-6-11(12)7-5-9-13(10,2)3/h5,7,11-12H,1,4,6,8-9H2,2-3H3/t11-,12-/m1/s1. The van der Waals surface area contributed by atoms with Gasteiger partial charge in [-0.25, -0.2) is 0 Å². The minimum atomic E-state index is 0.334. The van der Waals surface area contributed by atoms with Crippen molar-refractivity contribution in [2.75, 3.05) is 0 Å². The SMILES string of the molecule is C=C1[C@H]2CCC[C@@H]2C=CCC1(C)C. The average Bonchev–Trinajstić information content (AvgIpc) is 2.47. The molecule has 0 bridgehead atoms. The van der Waals surface area contributed by atoms with E-state index in [1.165, 1.54) is 31.3 Å². The summed E-state index contributed by atoms with van der Waals surface area (Å²) >= 11 is 0. The van der Waals surface area contributed by atoms with Crippen molar-refractivity contribution in [1.82, 2.24) is 0 Å². The molecular weight excluding hydrogens is 156 g/mol. The Morgan fingerprint density at radius 3 is 2.92 bits per heavy atom. The number of fused-ring (bicyclic) bond motifs is 1. The molecule has 0 heteroatoms. The molecule has 0 radical (unpaired) electrons. The monoisotopic (exact) mass is 176 g/mol. The first-order valence-electron chi connectivity index (χ1n) is 5.47. The quantitative estimate of drug-likeness (QED) is 0.490. The third kappa shape index (κ3) is 1.47. The molecule has 0 aromatic rings. The van der Waals surface area contributed by atoms with Crippen molar-refractivity contribution in [1.29, 1.82) is 0 Å². The fourth-order valence-corrected chi connectivity index (χ4v) is 2.82. The van der Waals surface area contributed by atoms with Crippen LogP contribution in [-0.2, 0) is 0 Å². The molecule has 2 atom stereocenters. The molecule has 0 nitrogen and oxygen atoms in total. The summed E-state index contributed by atoms with van der Waals surface area (Å²) in [5.74, 6) is 1.60. The van der Waals surface area contributed by atoms with Crippen LogP contribution < -0.4 is 0 Å². The summed E-state index contributed by atoms with van der Waals surface area (Å²) in [6.45, 7) is 9.00. The van der Waals surface area contributed by atoms with Crippen LogP contribution in [0, 0.1) is 17.3 Å². The third-order valence-corrected chi connectivity index (χ3v) is 3.90. The van der Waals surface area contributed by atoms with Gasteiger partial charge in [0.15, 0.2) is 0 Å². The lowest BCUT2D eigenvalue weighted by molar-refractivity contribution is 0.381. The van der Waals surface area contributed by atoms with E-state index < -0.39 is 0 Å². The van der Waals surface area contributed by atoms with E-state index in [0.29, 0.717) is 5.41 Å². The predicted octanol–water partition coefficient (Wildman–Crippen LogP) is 3.95. The molecule has 0 spiro atoms. The molecule has 2 rings (SSSR count). The van der Waals surface area contributed by atoms with Crippen molar-refractivity contribution in [2.45, 2.75) is 39.5 Å². The average molecular weight is 176 g/mol. The number of allylic oxidation sites excluding steroid dienone is 3.